The van der Waals surface area contributed by atoms with Gasteiger partial charge in [-0.1, -0.05) is 17.9 Å². The maximum atomic E-state index is 13.7. The lowest BCUT2D eigenvalue weighted by molar-refractivity contribution is -0.356. The molecule has 0 amide bonds. The van der Waals surface area contributed by atoms with Gasteiger partial charge in [-0.15, -0.1) is 0 Å². The zero-order chi connectivity index (χ0) is 28.3. The van der Waals surface area contributed by atoms with E-state index in [1.807, 2.05) is 0 Å². The molecule has 0 atom stereocenters. The van der Waals surface area contributed by atoms with Crippen LogP contribution in [0, 0.1) is 23.2 Å². The van der Waals surface area contributed by atoms with Gasteiger partial charge in [0.05, 0.1) is 13.3 Å². The largest absolute Gasteiger partial charge is 0.438 e. The molecule has 4 saturated carbocycles. The van der Waals surface area contributed by atoms with Crippen LogP contribution in [-0.4, -0.2) is 56.5 Å². The van der Waals surface area contributed by atoms with E-state index in [9.17, 15) is 44.3 Å². The molecule has 2 radical (unpaired) electrons. The second-order valence-electron chi connectivity index (χ2n) is 10.6. The minimum atomic E-state index is -6.50. The molecule has 0 saturated heterocycles. The van der Waals surface area contributed by atoms with Crippen molar-refractivity contribution in [1.82, 2.24) is 0 Å². The fourth-order valence-electron chi connectivity index (χ4n) is 6.46. The van der Waals surface area contributed by atoms with Crippen molar-refractivity contribution in [2.24, 2.45) is 23.2 Å². The van der Waals surface area contributed by atoms with E-state index in [2.05, 4.69) is 4.74 Å². The molecule has 4 fully saturated rings. The Morgan fingerprint density at radius 3 is 1.89 bits per heavy atom. The molecule has 7 nitrogen and oxygen atoms in total. The molecule has 5 rings (SSSR count). The molecule has 0 spiro atoms. The van der Waals surface area contributed by atoms with Crippen LogP contribution in [0.15, 0.2) is 18.2 Å². The van der Waals surface area contributed by atoms with Crippen LogP contribution in [0.3, 0.4) is 0 Å². The maximum absolute atomic E-state index is 13.7. The minimum Gasteiger partial charge on any atom is -0.434 e. The Morgan fingerprint density at radius 2 is 1.47 bits per heavy atom. The van der Waals surface area contributed by atoms with Crippen molar-refractivity contribution < 1.29 is 58.4 Å². The number of hydrogen-bond donors (Lipinski definition) is 1. The summed E-state index contributed by atoms with van der Waals surface area (Å²) >= 11 is 0. The summed E-state index contributed by atoms with van der Waals surface area (Å²) in [5.41, 5.74) is -7.22. The number of halogens is 6. The topological polar surface area (TPSA) is 107 Å². The first kappa shape index (κ1) is 28.7. The molecule has 1 N–H and O–H groups in total. The fourth-order valence-corrected chi connectivity index (χ4v) is 7.36. The molecular weight excluding hydrogens is 545 g/mol. The number of carbonyl (C=O) groups is 2. The van der Waals surface area contributed by atoms with Crippen molar-refractivity contribution in [3.05, 3.63) is 29.3 Å². The molecule has 4 aliphatic rings. The second-order valence-corrected chi connectivity index (χ2v) is 12.0. The van der Waals surface area contributed by atoms with Crippen molar-refractivity contribution in [3.8, 4) is 5.75 Å². The Hall–Kier alpha value is -2.29. The van der Waals surface area contributed by atoms with Crippen molar-refractivity contribution in [2.45, 2.75) is 62.8 Å². The first-order chi connectivity index (χ1) is 17.4. The van der Waals surface area contributed by atoms with E-state index >= 15 is 0 Å². The highest BCUT2D eigenvalue weighted by Gasteiger charge is 2.76. The van der Waals surface area contributed by atoms with Crippen LogP contribution in [0.2, 0.25) is 0 Å². The molecule has 0 heterocycles. The highest BCUT2D eigenvalue weighted by molar-refractivity contribution is 7.85. The molecule has 38 heavy (non-hydrogen) atoms. The summed E-state index contributed by atoms with van der Waals surface area (Å²) in [7, 11) is -0.402. The first-order valence-corrected chi connectivity index (χ1v) is 13.4. The van der Waals surface area contributed by atoms with Crippen LogP contribution >= 0.6 is 0 Å². The van der Waals surface area contributed by atoms with E-state index < -0.39 is 62.5 Å². The van der Waals surface area contributed by atoms with Crippen LogP contribution in [0.4, 0.5) is 26.3 Å². The van der Waals surface area contributed by atoms with Gasteiger partial charge >= 0.3 is 29.9 Å². The zero-order valence-corrected chi connectivity index (χ0v) is 20.6. The van der Waals surface area contributed by atoms with Crippen LogP contribution in [-0.2, 0) is 26.0 Å². The summed E-state index contributed by atoms with van der Waals surface area (Å²) < 4.78 is 122. The minimum absolute atomic E-state index is 0.172. The third-order valence-electron chi connectivity index (χ3n) is 7.74. The summed E-state index contributed by atoms with van der Waals surface area (Å²) in [4.78, 5) is 26.1. The zero-order valence-electron chi connectivity index (χ0n) is 19.8. The number of carbonyl (C=O) groups excluding carboxylic acids is 2. The van der Waals surface area contributed by atoms with Gasteiger partial charge in [0.2, 0.25) is 0 Å². The third kappa shape index (κ3) is 5.27. The Balaban J connectivity index is 1.69. The number of esters is 2. The van der Waals surface area contributed by atoms with Gasteiger partial charge in [0.15, 0.2) is 0 Å². The van der Waals surface area contributed by atoms with E-state index in [1.165, 1.54) is 0 Å². The Morgan fingerprint density at radius 1 is 0.974 bits per heavy atom. The van der Waals surface area contributed by atoms with E-state index in [0.29, 0.717) is 37.0 Å². The van der Waals surface area contributed by atoms with Gasteiger partial charge < -0.3 is 9.47 Å². The van der Waals surface area contributed by atoms with Crippen LogP contribution in [0.5, 0.6) is 5.75 Å². The average molecular weight is 568 g/mol. The quantitative estimate of drug-likeness (QED) is 0.171. The van der Waals surface area contributed by atoms with E-state index in [4.69, 9.17) is 17.1 Å². The third-order valence-corrected chi connectivity index (χ3v) is 8.52. The summed E-state index contributed by atoms with van der Waals surface area (Å²) in [6.07, 6.45) is -8.69. The smallest absolute Gasteiger partial charge is 0.434 e. The number of alkyl halides is 6. The lowest BCUT2D eigenvalue weighted by atomic mass is 9.49. The molecule has 1 aromatic carbocycles. The molecular formula is C23H23BF6O7S. The Kier molecular flexibility index (Phi) is 7.12. The van der Waals surface area contributed by atoms with Crippen LogP contribution < -0.4 is 4.74 Å². The molecule has 15 heteroatoms. The van der Waals surface area contributed by atoms with E-state index in [0.717, 1.165) is 37.5 Å². The van der Waals surface area contributed by atoms with E-state index in [1.54, 1.807) is 0 Å². The monoisotopic (exact) mass is 568 g/mol. The van der Waals surface area contributed by atoms with Crippen molar-refractivity contribution in [3.63, 3.8) is 0 Å². The highest BCUT2D eigenvalue weighted by atomic mass is 32.2. The normalized spacial score (nSPS) is 27.3. The van der Waals surface area contributed by atoms with Gasteiger partial charge in [0.25, 0.3) is 10.1 Å². The molecule has 0 unspecified atom stereocenters. The van der Waals surface area contributed by atoms with Crippen molar-refractivity contribution in [1.29, 1.82) is 0 Å². The van der Waals surface area contributed by atoms with Crippen LogP contribution in [0.25, 0.3) is 0 Å². The SMILES string of the molecule is [B]Cc1ccc(C(=O)OC(CS(=O)(=O)O)(C(F)(F)F)C(F)(F)F)c(OC(=O)C23CC4CC(CC(C4)C2)C3)c1. The molecule has 4 aliphatic carbocycles. The second kappa shape index (κ2) is 9.42. The predicted octanol–water partition coefficient (Wildman–Crippen LogP) is 4.38. The maximum Gasteiger partial charge on any atom is 0.438 e. The highest BCUT2D eigenvalue weighted by Crippen LogP contribution is 2.60. The standard InChI is InChI=1S/C23H23BF6O7S/c24-10-12-1-2-16(18(31)37-21(22(25,26)27,23(28,29)30)11-38(33,34)35)17(6-12)36-19(32)20-7-13-3-14(8-20)5-15(4-13)9-20/h1-2,6,13-15H,3-5,7-11H2,(H,33,34,35). The molecule has 208 valence electrons. The van der Waals surface area contributed by atoms with Gasteiger partial charge in [-0.3, -0.25) is 9.35 Å². The number of hydrogen-bond acceptors (Lipinski definition) is 6. The Bertz CT molecular complexity index is 1180. The Labute approximate surface area is 215 Å². The average Bonchev–Trinajstić information content (AvgIpc) is 2.75. The van der Waals surface area contributed by atoms with Crippen molar-refractivity contribution in [2.75, 3.05) is 5.75 Å². The summed E-state index contributed by atoms with van der Waals surface area (Å²) in [6, 6.07) is 2.91. The molecule has 0 aromatic heterocycles. The predicted molar refractivity (Wildman–Crippen MR) is 119 cm³/mol. The summed E-state index contributed by atoms with van der Waals surface area (Å²) in [5.74, 6) is -5.81. The lowest BCUT2D eigenvalue weighted by Gasteiger charge is -2.55. The number of ether oxygens (including phenoxy) is 2. The first-order valence-electron chi connectivity index (χ1n) is 11.8. The van der Waals surface area contributed by atoms with Gasteiger partial charge in [0.1, 0.15) is 17.1 Å². The van der Waals surface area contributed by atoms with Gasteiger partial charge in [0, 0.05) is 0 Å². The molecule has 0 aliphatic heterocycles. The lowest BCUT2D eigenvalue weighted by Crippen LogP contribution is -2.63. The molecule has 1 aromatic rings. The number of rotatable bonds is 7. The number of benzene rings is 1. The van der Waals surface area contributed by atoms with Crippen molar-refractivity contribution >= 4 is 29.9 Å². The van der Waals surface area contributed by atoms with Gasteiger partial charge in [-0.25, -0.2) is 4.79 Å². The van der Waals surface area contributed by atoms with Gasteiger partial charge in [-0.2, -0.15) is 34.8 Å². The van der Waals surface area contributed by atoms with Crippen LogP contribution in [0.1, 0.15) is 54.4 Å². The van der Waals surface area contributed by atoms with E-state index in [-0.39, 0.29) is 11.9 Å². The fraction of sp³-hybridized carbons (Fsp3) is 0.652. The van der Waals surface area contributed by atoms with Gasteiger partial charge in [-0.05, 0) is 68.4 Å². The summed E-state index contributed by atoms with van der Waals surface area (Å²) in [6.45, 7) is 0. The summed E-state index contributed by atoms with van der Waals surface area (Å²) in [5, 5.41) is 0. The molecule has 4 bridgehead atoms.